The van der Waals surface area contributed by atoms with Crippen LogP contribution in [0.4, 0.5) is 0 Å². The third-order valence-electron chi connectivity index (χ3n) is 5.88. The molecule has 1 heterocycles. The van der Waals surface area contributed by atoms with Gasteiger partial charge in [-0.05, 0) is 11.5 Å². The lowest BCUT2D eigenvalue weighted by molar-refractivity contribution is -0.142. The van der Waals surface area contributed by atoms with Crippen LogP contribution in [0.15, 0.2) is 42.9 Å². The van der Waals surface area contributed by atoms with Gasteiger partial charge in [0.25, 0.3) is 0 Å². The molecule has 0 spiro atoms. The van der Waals surface area contributed by atoms with E-state index in [0.29, 0.717) is 12.1 Å². The number of rotatable bonds is 14. The van der Waals surface area contributed by atoms with Gasteiger partial charge in [-0.15, -0.1) is 0 Å². The minimum atomic E-state index is -1.44. The number of hydrogen-bond donors (Lipinski definition) is 7. The van der Waals surface area contributed by atoms with Gasteiger partial charge in [-0.1, -0.05) is 50.6 Å². The number of carbonyl (C=O) groups excluding carboxylic acids is 3. The molecule has 0 bridgehead atoms. The first-order valence-electron chi connectivity index (χ1n) is 11.7. The van der Waals surface area contributed by atoms with Crippen LogP contribution in [0.1, 0.15) is 31.5 Å². The second kappa shape index (κ2) is 14.0. The molecule has 12 nitrogen and oxygen atoms in total. The number of aliphatic hydroxyl groups is 1. The number of aromatic nitrogens is 2. The SMILES string of the molecule is CCC(C)C(N)C(=O)NC(Cc1ccccc1)C(=O)NC(CO)C(=O)NC(Cc1cnc[nH]1)C(=O)O. The predicted octanol–water partition coefficient (Wildman–Crippen LogP) is -0.900. The Morgan fingerprint density at radius 2 is 1.58 bits per heavy atom. The van der Waals surface area contributed by atoms with E-state index in [-0.39, 0.29) is 18.8 Å². The van der Waals surface area contributed by atoms with Gasteiger partial charge in [0.1, 0.15) is 18.1 Å². The number of aromatic amines is 1. The van der Waals surface area contributed by atoms with Crippen LogP contribution in [-0.2, 0) is 32.0 Å². The van der Waals surface area contributed by atoms with Crippen LogP contribution in [0.25, 0.3) is 0 Å². The van der Waals surface area contributed by atoms with E-state index in [0.717, 1.165) is 5.56 Å². The Morgan fingerprint density at radius 3 is 2.14 bits per heavy atom. The van der Waals surface area contributed by atoms with E-state index in [9.17, 15) is 29.4 Å². The Morgan fingerprint density at radius 1 is 0.972 bits per heavy atom. The fourth-order valence-electron chi connectivity index (χ4n) is 3.39. The number of H-pyrrole nitrogens is 1. The lowest BCUT2D eigenvalue weighted by Crippen LogP contribution is -2.59. The zero-order chi connectivity index (χ0) is 26.7. The summed E-state index contributed by atoms with van der Waals surface area (Å²) in [6, 6.07) is 4.25. The number of hydrogen-bond acceptors (Lipinski definition) is 7. The summed E-state index contributed by atoms with van der Waals surface area (Å²) in [6.45, 7) is 2.93. The molecular weight excluding hydrogens is 468 g/mol. The largest absolute Gasteiger partial charge is 0.480 e. The molecular formula is C24H34N6O6. The summed E-state index contributed by atoms with van der Waals surface area (Å²) in [6.07, 6.45) is 3.51. The molecule has 3 amide bonds. The van der Waals surface area contributed by atoms with E-state index in [4.69, 9.17) is 5.73 Å². The van der Waals surface area contributed by atoms with E-state index in [1.165, 1.54) is 12.5 Å². The van der Waals surface area contributed by atoms with Gasteiger partial charge in [-0.2, -0.15) is 0 Å². The van der Waals surface area contributed by atoms with Crippen molar-refractivity contribution in [1.82, 2.24) is 25.9 Å². The minimum Gasteiger partial charge on any atom is -0.480 e. The average molecular weight is 503 g/mol. The summed E-state index contributed by atoms with van der Waals surface area (Å²) < 4.78 is 0. The Labute approximate surface area is 209 Å². The number of nitrogens with zero attached hydrogens (tertiary/aromatic N) is 1. The molecule has 0 saturated heterocycles. The predicted molar refractivity (Wildman–Crippen MR) is 130 cm³/mol. The lowest BCUT2D eigenvalue weighted by Gasteiger charge is -2.25. The summed E-state index contributed by atoms with van der Waals surface area (Å²) in [5.41, 5.74) is 7.25. The number of aliphatic carboxylic acids is 1. The third-order valence-corrected chi connectivity index (χ3v) is 5.88. The highest BCUT2D eigenvalue weighted by molar-refractivity contribution is 5.94. The van der Waals surface area contributed by atoms with Gasteiger partial charge in [0, 0.05) is 24.7 Å². The van der Waals surface area contributed by atoms with Crippen LogP contribution in [-0.4, -0.2) is 74.6 Å². The smallest absolute Gasteiger partial charge is 0.326 e. The van der Waals surface area contributed by atoms with Crippen molar-refractivity contribution in [3.05, 3.63) is 54.1 Å². The monoisotopic (exact) mass is 502 g/mol. The normalized spacial score (nSPS) is 15.1. The molecule has 0 fully saturated rings. The first kappa shape index (κ1) is 28.5. The highest BCUT2D eigenvalue weighted by Gasteiger charge is 2.31. The average Bonchev–Trinajstić information content (AvgIpc) is 3.38. The maximum Gasteiger partial charge on any atom is 0.326 e. The van der Waals surface area contributed by atoms with E-state index in [2.05, 4.69) is 25.9 Å². The van der Waals surface area contributed by atoms with Crippen molar-refractivity contribution < 1.29 is 29.4 Å². The zero-order valence-corrected chi connectivity index (χ0v) is 20.3. The van der Waals surface area contributed by atoms with Crippen molar-refractivity contribution in [2.24, 2.45) is 11.7 Å². The van der Waals surface area contributed by atoms with Crippen LogP contribution in [0.2, 0.25) is 0 Å². The molecule has 0 radical (unpaired) electrons. The highest BCUT2D eigenvalue weighted by atomic mass is 16.4. The number of nitrogens with one attached hydrogen (secondary N) is 4. The van der Waals surface area contributed by atoms with Gasteiger partial charge in [0.2, 0.25) is 17.7 Å². The van der Waals surface area contributed by atoms with Crippen molar-refractivity contribution in [2.45, 2.75) is 57.3 Å². The van der Waals surface area contributed by atoms with Gasteiger partial charge in [0.05, 0.1) is 19.0 Å². The van der Waals surface area contributed by atoms with Gasteiger partial charge in [-0.3, -0.25) is 14.4 Å². The van der Waals surface area contributed by atoms with Crippen LogP contribution < -0.4 is 21.7 Å². The topological polar surface area (TPSA) is 200 Å². The molecule has 5 atom stereocenters. The standard InChI is InChI=1S/C24H34N6O6/c1-3-14(2)20(25)23(34)28-17(9-15-7-5-4-6-8-15)21(32)30-19(12-31)22(33)29-18(24(35)36)10-16-11-26-13-27-16/h4-8,11,13-14,17-20,31H,3,9-10,12,25H2,1-2H3,(H,26,27)(H,28,34)(H,29,33)(H,30,32)(H,35,36). The second-order valence-corrected chi connectivity index (χ2v) is 8.59. The van der Waals surface area contributed by atoms with Crippen molar-refractivity contribution in [2.75, 3.05) is 6.61 Å². The minimum absolute atomic E-state index is 0.0760. The maximum atomic E-state index is 13.1. The molecule has 0 aliphatic carbocycles. The molecule has 8 N–H and O–H groups in total. The van der Waals surface area contributed by atoms with Crippen LogP contribution in [0.5, 0.6) is 0 Å². The molecule has 196 valence electrons. The number of carboxylic acid groups (broad SMARTS) is 1. The van der Waals surface area contributed by atoms with E-state index >= 15 is 0 Å². The van der Waals surface area contributed by atoms with E-state index in [1.807, 2.05) is 19.9 Å². The molecule has 2 aromatic rings. The molecule has 0 saturated carbocycles. The highest BCUT2D eigenvalue weighted by Crippen LogP contribution is 2.08. The van der Waals surface area contributed by atoms with Crippen molar-refractivity contribution in [3.63, 3.8) is 0 Å². The molecule has 5 unspecified atom stereocenters. The Hall–Kier alpha value is -3.77. The Kier molecular flexibility index (Phi) is 11.0. The van der Waals surface area contributed by atoms with Crippen molar-refractivity contribution in [1.29, 1.82) is 0 Å². The fourth-order valence-corrected chi connectivity index (χ4v) is 3.39. The molecule has 12 heteroatoms. The fraction of sp³-hybridized carbons (Fsp3) is 0.458. The summed E-state index contributed by atoms with van der Waals surface area (Å²) in [4.78, 5) is 56.7. The van der Waals surface area contributed by atoms with Gasteiger partial charge >= 0.3 is 5.97 Å². The lowest BCUT2D eigenvalue weighted by atomic mass is 9.98. The summed E-state index contributed by atoms with van der Waals surface area (Å²) in [5, 5.41) is 26.6. The number of aliphatic hydroxyl groups excluding tert-OH is 1. The summed E-state index contributed by atoms with van der Waals surface area (Å²) in [7, 11) is 0. The second-order valence-electron chi connectivity index (χ2n) is 8.59. The zero-order valence-electron chi connectivity index (χ0n) is 20.3. The Bertz CT molecular complexity index is 1000. The quantitative estimate of drug-likeness (QED) is 0.172. The molecule has 1 aromatic carbocycles. The molecule has 36 heavy (non-hydrogen) atoms. The van der Waals surface area contributed by atoms with Gasteiger partial charge < -0.3 is 36.9 Å². The molecule has 0 aliphatic rings. The number of benzene rings is 1. The number of carbonyl (C=O) groups is 4. The molecule has 0 aliphatic heterocycles. The van der Waals surface area contributed by atoms with E-state index in [1.54, 1.807) is 24.3 Å². The number of imidazole rings is 1. The van der Waals surface area contributed by atoms with Crippen LogP contribution >= 0.6 is 0 Å². The first-order chi connectivity index (χ1) is 17.2. The van der Waals surface area contributed by atoms with Crippen LogP contribution in [0, 0.1) is 5.92 Å². The van der Waals surface area contributed by atoms with Gasteiger partial charge in [0.15, 0.2) is 0 Å². The summed E-state index contributed by atoms with van der Waals surface area (Å²) in [5.74, 6) is -3.55. The third kappa shape index (κ3) is 8.47. The van der Waals surface area contributed by atoms with Crippen molar-refractivity contribution >= 4 is 23.7 Å². The summed E-state index contributed by atoms with van der Waals surface area (Å²) >= 11 is 0. The number of carboxylic acids is 1. The van der Waals surface area contributed by atoms with Gasteiger partial charge in [-0.25, -0.2) is 9.78 Å². The molecule has 1 aromatic heterocycles. The molecule has 2 rings (SSSR count). The van der Waals surface area contributed by atoms with Crippen molar-refractivity contribution in [3.8, 4) is 0 Å². The van der Waals surface area contributed by atoms with E-state index < -0.39 is 54.5 Å². The maximum absolute atomic E-state index is 13.1. The van der Waals surface area contributed by atoms with Crippen LogP contribution in [0.3, 0.4) is 0 Å². The Balaban J connectivity index is 2.13. The first-order valence-corrected chi connectivity index (χ1v) is 11.7. The number of amides is 3. The number of nitrogens with two attached hydrogens (primary N) is 1.